The Hall–Kier alpha value is -1.59. The van der Waals surface area contributed by atoms with Crippen LogP contribution < -0.4 is 4.72 Å². The highest BCUT2D eigenvalue weighted by Crippen LogP contribution is 2.17. The Morgan fingerprint density at radius 2 is 1.81 bits per heavy atom. The first-order valence-corrected chi connectivity index (χ1v) is 8.57. The normalized spacial score (nSPS) is 12.0. The van der Waals surface area contributed by atoms with Gasteiger partial charge in [-0.25, -0.2) is 13.1 Å². The molecule has 5 heteroatoms. The minimum Gasteiger partial charge on any atom is -0.357 e. The van der Waals surface area contributed by atoms with Crippen LogP contribution in [0, 0.1) is 0 Å². The zero-order valence-corrected chi connectivity index (χ0v) is 13.5. The summed E-state index contributed by atoms with van der Waals surface area (Å²) in [6.07, 6.45) is 4.63. The fourth-order valence-electron chi connectivity index (χ4n) is 2.15. The quantitative estimate of drug-likeness (QED) is 0.892. The van der Waals surface area contributed by atoms with Gasteiger partial charge in [-0.2, -0.15) is 0 Å². The monoisotopic (exact) mass is 306 g/mol. The summed E-state index contributed by atoms with van der Waals surface area (Å²) in [6, 6.07) is 9.07. The van der Waals surface area contributed by atoms with Gasteiger partial charge in [0.15, 0.2) is 0 Å². The van der Waals surface area contributed by atoms with Crippen LogP contribution in [0.25, 0.3) is 0 Å². The van der Waals surface area contributed by atoms with E-state index >= 15 is 0 Å². The summed E-state index contributed by atoms with van der Waals surface area (Å²) < 4.78 is 29.0. The van der Waals surface area contributed by atoms with E-state index in [-0.39, 0.29) is 0 Å². The minimum atomic E-state index is -3.42. The minimum absolute atomic E-state index is 0.319. The van der Waals surface area contributed by atoms with Crippen molar-refractivity contribution in [2.45, 2.75) is 31.1 Å². The van der Waals surface area contributed by atoms with Gasteiger partial charge in [0.05, 0.1) is 4.90 Å². The highest BCUT2D eigenvalue weighted by molar-refractivity contribution is 7.89. The average Bonchev–Trinajstić information content (AvgIpc) is 2.84. The molecule has 0 aliphatic heterocycles. The molecule has 2 rings (SSSR count). The fourth-order valence-corrected chi connectivity index (χ4v) is 3.19. The molecule has 1 aromatic carbocycles. The maximum atomic E-state index is 12.2. The molecule has 21 heavy (non-hydrogen) atoms. The summed E-state index contributed by atoms with van der Waals surface area (Å²) in [5, 5.41) is 0. The van der Waals surface area contributed by atoms with Crippen molar-refractivity contribution in [1.82, 2.24) is 9.29 Å². The predicted octanol–water partition coefficient (Wildman–Crippen LogP) is 2.67. The Morgan fingerprint density at radius 3 is 2.33 bits per heavy atom. The zero-order chi connectivity index (χ0) is 15.5. The number of aryl methyl sites for hydroxylation is 1. The molecule has 0 saturated heterocycles. The van der Waals surface area contributed by atoms with E-state index in [1.54, 1.807) is 12.1 Å². The van der Waals surface area contributed by atoms with Gasteiger partial charge in [-0.3, -0.25) is 0 Å². The maximum Gasteiger partial charge on any atom is 0.240 e. The Labute approximate surface area is 126 Å². The third kappa shape index (κ3) is 4.19. The molecule has 0 bridgehead atoms. The van der Waals surface area contributed by atoms with Crippen molar-refractivity contribution in [3.8, 4) is 0 Å². The summed E-state index contributed by atoms with van der Waals surface area (Å²) >= 11 is 0. The molecular formula is C16H22N2O2S. The van der Waals surface area contributed by atoms with E-state index in [0.717, 1.165) is 11.1 Å². The number of nitrogens with zero attached hydrogens (tertiary/aromatic N) is 1. The van der Waals surface area contributed by atoms with E-state index < -0.39 is 10.0 Å². The second-order valence-electron chi connectivity index (χ2n) is 5.56. The number of hydrogen-bond acceptors (Lipinski definition) is 2. The molecule has 114 valence electrons. The van der Waals surface area contributed by atoms with Crippen LogP contribution >= 0.6 is 0 Å². The van der Waals surface area contributed by atoms with Crippen molar-refractivity contribution in [1.29, 1.82) is 0 Å². The number of nitrogens with one attached hydrogen (secondary N) is 1. The average molecular weight is 306 g/mol. The first-order chi connectivity index (χ1) is 9.88. The van der Waals surface area contributed by atoms with Gasteiger partial charge in [0.2, 0.25) is 10.0 Å². The lowest BCUT2D eigenvalue weighted by atomic mass is 10.0. The number of aromatic nitrogens is 1. The first-order valence-electron chi connectivity index (χ1n) is 7.09. The van der Waals surface area contributed by atoms with Crippen LogP contribution in [0.3, 0.4) is 0 Å². The maximum absolute atomic E-state index is 12.2. The van der Waals surface area contributed by atoms with Crippen molar-refractivity contribution in [3.63, 3.8) is 0 Å². The number of benzene rings is 1. The molecule has 0 atom stereocenters. The van der Waals surface area contributed by atoms with E-state index in [1.165, 1.54) is 0 Å². The van der Waals surface area contributed by atoms with Gasteiger partial charge in [0.25, 0.3) is 0 Å². The summed E-state index contributed by atoms with van der Waals surface area (Å²) in [5.41, 5.74) is 2.26. The predicted molar refractivity (Wildman–Crippen MR) is 84.8 cm³/mol. The molecule has 1 heterocycles. The Morgan fingerprint density at radius 1 is 1.14 bits per heavy atom. The topological polar surface area (TPSA) is 51.1 Å². The van der Waals surface area contributed by atoms with Crippen LogP contribution in [0.4, 0.5) is 0 Å². The zero-order valence-electron chi connectivity index (χ0n) is 12.7. The molecule has 0 unspecified atom stereocenters. The van der Waals surface area contributed by atoms with Crippen LogP contribution in [-0.4, -0.2) is 19.5 Å². The van der Waals surface area contributed by atoms with Gasteiger partial charge in [0, 0.05) is 26.0 Å². The van der Waals surface area contributed by atoms with Crippen molar-refractivity contribution >= 4 is 10.0 Å². The van der Waals surface area contributed by atoms with Gasteiger partial charge in [-0.05, 0) is 41.7 Å². The van der Waals surface area contributed by atoms with Gasteiger partial charge >= 0.3 is 0 Å². The van der Waals surface area contributed by atoms with E-state index in [2.05, 4.69) is 18.6 Å². The van der Waals surface area contributed by atoms with Crippen LogP contribution in [0.2, 0.25) is 0 Å². The number of hydrogen-bond donors (Lipinski definition) is 1. The standard InChI is InChI=1S/C16H22N2O2S/c1-13(2)15-4-6-16(7-5-15)21(19,20)17-10-8-14-9-11-18(3)12-14/h4-7,9,11-13,17H,8,10H2,1-3H3. The molecule has 4 nitrogen and oxygen atoms in total. The molecule has 0 aliphatic rings. The van der Waals surface area contributed by atoms with Crippen molar-refractivity contribution in [3.05, 3.63) is 53.9 Å². The molecule has 0 amide bonds. The lowest BCUT2D eigenvalue weighted by molar-refractivity contribution is 0.581. The summed E-state index contributed by atoms with van der Waals surface area (Å²) in [4.78, 5) is 0.319. The Balaban J connectivity index is 1.97. The molecule has 0 fully saturated rings. The molecule has 1 N–H and O–H groups in total. The molecular weight excluding hydrogens is 284 g/mol. The summed E-state index contributed by atoms with van der Waals surface area (Å²) in [7, 11) is -1.47. The van der Waals surface area contributed by atoms with Crippen LogP contribution in [0.15, 0.2) is 47.6 Å². The summed E-state index contributed by atoms with van der Waals surface area (Å²) in [5.74, 6) is 0.396. The summed E-state index contributed by atoms with van der Waals surface area (Å²) in [6.45, 7) is 4.57. The van der Waals surface area contributed by atoms with Gasteiger partial charge in [0.1, 0.15) is 0 Å². The highest BCUT2D eigenvalue weighted by Gasteiger charge is 2.13. The molecule has 1 aromatic heterocycles. The Bertz CT molecular complexity index is 685. The molecule has 0 radical (unpaired) electrons. The van der Waals surface area contributed by atoms with Gasteiger partial charge in [-0.15, -0.1) is 0 Å². The lowest BCUT2D eigenvalue weighted by Crippen LogP contribution is -2.25. The highest BCUT2D eigenvalue weighted by atomic mass is 32.2. The largest absolute Gasteiger partial charge is 0.357 e. The van der Waals surface area contributed by atoms with Crippen LogP contribution in [0.1, 0.15) is 30.9 Å². The van der Waals surface area contributed by atoms with Gasteiger partial charge in [-0.1, -0.05) is 26.0 Å². The van der Waals surface area contributed by atoms with Crippen LogP contribution in [-0.2, 0) is 23.5 Å². The van der Waals surface area contributed by atoms with Gasteiger partial charge < -0.3 is 4.57 Å². The SMILES string of the molecule is CC(C)c1ccc(S(=O)(=O)NCCc2ccn(C)c2)cc1. The first kappa shape index (κ1) is 15.8. The van der Waals surface area contributed by atoms with Crippen molar-refractivity contribution < 1.29 is 8.42 Å². The van der Waals surface area contributed by atoms with Crippen molar-refractivity contribution in [2.75, 3.05) is 6.54 Å². The van der Waals surface area contributed by atoms with E-state index in [1.807, 2.05) is 42.2 Å². The van der Waals surface area contributed by atoms with E-state index in [0.29, 0.717) is 23.8 Å². The van der Waals surface area contributed by atoms with Crippen LogP contribution in [0.5, 0.6) is 0 Å². The Kier molecular flexibility index (Phi) is 4.85. The van der Waals surface area contributed by atoms with Crippen molar-refractivity contribution in [2.24, 2.45) is 7.05 Å². The molecule has 2 aromatic rings. The van der Waals surface area contributed by atoms with E-state index in [4.69, 9.17) is 0 Å². The lowest BCUT2D eigenvalue weighted by Gasteiger charge is -2.09. The van der Waals surface area contributed by atoms with E-state index in [9.17, 15) is 8.42 Å². The molecule has 0 saturated carbocycles. The second-order valence-corrected chi connectivity index (χ2v) is 7.32. The molecule has 0 spiro atoms. The third-order valence-electron chi connectivity index (χ3n) is 3.46. The second kappa shape index (κ2) is 6.45. The fraction of sp³-hybridized carbons (Fsp3) is 0.375. The smallest absolute Gasteiger partial charge is 0.240 e. The molecule has 0 aliphatic carbocycles. The number of sulfonamides is 1. The third-order valence-corrected chi connectivity index (χ3v) is 4.93. The number of rotatable bonds is 6.